The van der Waals surface area contributed by atoms with Gasteiger partial charge in [-0.15, -0.1) is 0 Å². The van der Waals surface area contributed by atoms with Crippen molar-refractivity contribution in [2.45, 2.75) is 23.0 Å². The van der Waals surface area contributed by atoms with E-state index in [4.69, 9.17) is 20.2 Å². The molecular weight excluding hydrogens is 424 g/mol. The van der Waals surface area contributed by atoms with E-state index in [2.05, 4.69) is 39.1 Å². The van der Waals surface area contributed by atoms with Crippen molar-refractivity contribution in [2.75, 3.05) is 38.9 Å². The number of hydrogen-bond donors (Lipinski definition) is 2. The van der Waals surface area contributed by atoms with Gasteiger partial charge in [-0.3, -0.25) is 0 Å². The van der Waals surface area contributed by atoms with Crippen molar-refractivity contribution in [1.82, 2.24) is 15.0 Å². The Hall–Kier alpha value is -3.46. The van der Waals surface area contributed by atoms with E-state index in [1.54, 1.807) is 20.5 Å². The van der Waals surface area contributed by atoms with Gasteiger partial charge in [-0.05, 0) is 47.7 Å². The first-order valence-electron chi connectivity index (χ1n) is 10.2. The van der Waals surface area contributed by atoms with Crippen LogP contribution in [0.5, 0.6) is 11.5 Å². The van der Waals surface area contributed by atoms with Gasteiger partial charge in [0.05, 0.1) is 25.7 Å². The van der Waals surface area contributed by atoms with Crippen molar-refractivity contribution >= 4 is 34.4 Å². The van der Waals surface area contributed by atoms with Crippen LogP contribution in [-0.4, -0.2) is 43.3 Å². The molecule has 0 saturated carbocycles. The van der Waals surface area contributed by atoms with E-state index in [1.807, 2.05) is 36.9 Å². The minimum atomic E-state index is 0.420. The molecule has 0 fully saturated rings. The number of imidazole rings is 1. The summed E-state index contributed by atoms with van der Waals surface area (Å²) in [6.07, 6.45) is 2.60. The lowest BCUT2D eigenvalue weighted by Crippen LogP contribution is -2.36. The van der Waals surface area contributed by atoms with E-state index >= 15 is 0 Å². The van der Waals surface area contributed by atoms with Gasteiger partial charge in [-0.1, -0.05) is 22.1 Å². The quantitative estimate of drug-likeness (QED) is 0.397. The van der Waals surface area contributed by atoms with Crippen LogP contribution in [0, 0.1) is 0 Å². The monoisotopic (exact) mass is 451 g/mol. The van der Waals surface area contributed by atoms with Crippen LogP contribution < -0.4 is 24.7 Å². The Balaban J connectivity index is 1.59. The number of nitrogens with zero attached hydrogens (tertiary/aromatic N) is 4. The summed E-state index contributed by atoms with van der Waals surface area (Å²) in [5, 5.41) is 0.704. The molecular formula is C23H27N6O2S+. The molecule has 32 heavy (non-hydrogen) atoms. The number of benzene rings is 2. The fourth-order valence-corrected chi connectivity index (χ4v) is 4.29. The summed E-state index contributed by atoms with van der Waals surface area (Å²) >= 11 is 1.46. The van der Waals surface area contributed by atoms with E-state index in [0.717, 1.165) is 40.5 Å². The van der Waals surface area contributed by atoms with Crippen LogP contribution in [-0.2, 0) is 13.0 Å². The zero-order valence-corrected chi connectivity index (χ0v) is 19.4. The molecule has 0 saturated heterocycles. The summed E-state index contributed by atoms with van der Waals surface area (Å²) in [5.74, 6) is 1.92. The predicted octanol–water partition coefficient (Wildman–Crippen LogP) is 3.30. The van der Waals surface area contributed by atoms with E-state index in [9.17, 15) is 0 Å². The number of anilines is 2. The summed E-state index contributed by atoms with van der Waals surface area (Å²) < 4.78 is 12.9. The smallest absolute Gasteiger partial charge is 0.294 e. The van der Waals surface area contributed by atoms with Crippen LogP contribution in [0.25, 0.3) is 11.2 Å². The molecule has 0 spiro atoms. The van der Waals surface area contributed by atoms with Crippen LogP contribution in [0.2, 0.25) is 0 Å². The number of rotatable bonds is 8. The highest BCUT2D eigenvalue weighted by Gasteiger charge is 2.20. The number of hydrogen-bond acceptors (Lipinski definition) is 7. The fourth-order valence-electron chi connectivity index (χ4n) is 3.37. The number of ether oxygens (including phenoxy) is 2. The second kappa shape index (κ2) is 9.35. The van der Waals surface area contributed by atoms with Gasteiger partial charge in [0.15, 0.2) is 5.52 Å². The number of nitrogen functional groups attached to an aromatic ring is 1. The maximum Gasteiger partial charge on any atom is 0.294 e. The van der Waals surface area contributed by atoms with Gasteiger partial charge in [0.25, 0.3) is 5.65 Å². The average Bonchev–Trinajstić information content (AvgIpc) is 3.23. The minimum Gasteiger partial charge on any atom is -0.497 e. The Morgan fingerprint density at radius 3 is 2.56 bits per heavy atom. The highest BCUT2D eigenvalue weighted by molar-refractivity contribution is 7.99. The largest absolute Gasteiger partial charge is 0.497 e. The summed E-state index contributed by atoms with van der Waals surface area (Å²) in [6.45, 7) is 0.739. The SMILES string of the molecule is COc1ccc(OC)c(Sc2nc3c([nH]2)c(N)nc[n+]3CCc2ccc(N(C)C)cc2)c1. The number of H-pyrrole nitrogens is 1. The summed E-state index contributed by atoms with van der Waals surface area (Å²) in [5.41, 5.74) is 10.1. The number of aromatic amines is 1. The Labute approximate surface area is 191 Å². The Kier molecular flexibility index (Phi) is 6.36. The molecule has 0 radical (unpaired) electrons. The molecule has 4 rings (SSSR count). The number of aromatic nitrogens is 4. The fraction of sp³-hybridized carbons (Fsp3) is 0.261. The number of methoxy groups -OCH3 is 2. The second-order valence-corrected chi connectivity index (χ2v) is 8.52. The molecule has 0 aliphatic rings. The third kappa shape index (κ3) is 4.57. The lowest BCUT2D eigenvalue weighted by Gasteiger charge is -2.12. The zero-order valence-electron chi connectivity index (χ0n) is 18.6. The van der Waals surface area contributed by atoms with Crippen molar-refractivity contribution in [3.8, 4) is 11.5 Å². The van der Waals surface area contributed by atoms with Crippen LogP contribution >= 0.6 is 11.8 Å². The summed E-state index contributed by atoms with van der Waals surface area (Å²) in [7, 11) is 7.36. The molecule has 0 amide bonds. The molecule has 2 aromatic heterocycles. The first-order valence-corrected chi connectivity index (χ1v) is 11.0. The number of fused-ring (bicyclic) bond motifs is 1. The highest BCUT2D eigenvalue weighted by Crippen LogP contribution is 2.36. The average molecular weight is 452 g/mol. The van der Waals surface area contributed by atoms with Crippen molar-refractivity contribution < 1.29 is 14.0 Å². The van der Waals surface area contributed by atoms with Gasteiger partial charge < -0.3 is 25.1 Å². The number of aryl methyl sites for hydroxylation is 2. The lowest BCUT2D eigenvalue weighted by atomic mass is 10.1. The van der Waals surface area contributed by atoms with E-state index < -0.39 is 0 Å². The molecule has 8 nitrogen and oxygen atoms in total. The molecule has 0 aliphatic carbocycles. The van der Waals surface area contributed by atoms with Crippen molar-refractivity contribution in [3.05, 3.63) is 54.4 Å². The Morgan fingerprint density at radius 2 is 1.88 bits per heavy atom. The van der Waals surface area contributed by atoms with Crippen LogP contribution in [0.3, 0.4) is 0 Å². The first kappa shape index (κ1) is 21.8. The van der Waals surface area contributed by atoms with E-state index in [-0.39, 0.29) is 0 Å². The second-order valence-electron chi connectivity index (χ2n) is 7.49. The minimum absolute atomic E-state index is 0.420. The first-order chi connectivity index (χ1) is 15.5. The molecule has 0 unspecified atom stereocenters. The number of nitrogens with one attached hydrogen (secondary N) is 1. The van der Waals surface area contributed by atoms with Crippen molar-refractivity contribution in [3.63, 3.8) is 0 Å². The van der Waals surface area contributed by atoms with Crippen molar-refractivity contribution in [1.29, 1.82) is 0 Å². The van der Waals surface area contributed by atoms with Crippen LogP contribution in [0.1, 0.15) is 5.56 Å². The Bertz CT molecular complexity index is 1220. The van der Waals surface area contributed by atoms with Gasteiger partial charge in [-0.25, -0.2) is 4.57 Å². The zero-order chi connectivity index (χ0) is 22.7. The standard InChI is InChI=1S/C23H26N6O2S/c1-28(2)16-7-5-15(6-8-16)11-12-29-14-25-21(24)20-22(29)27-23(26-20)32-19-13-17(30-3)9-10-18(19)31-4/h5-10,13-14H,11-12H2,1-4H3,(H2,24,26,27)/p+1. The molecule has 0 atom stereocenters. The Morgan fingerprint density at radius 1 is 1.09 bits per heavy atom. The molecule has 9 heteroatoms. The van der Waals surface area contributed by atoms with Gasteiger partial charge in [0, 0.05) is 26.2 Å². The van der Waals surface area contributed by atoms with Gasteiger partial charge >= 0.3 is 0 Å². The molecule has 2 aromatic carbocycles. The van der Waals surface area contributed by atoms with Gasteiger partial charge in [-0.2, -0.15) is 0 Å². The highest BCUT2D eigenvalue weighted by atomic mass is 32.2. The topological polar surface area (TPSA) is 93.2 Å². The lowest BCUT2D eigenvalue weighted by molar-refractivity contribution is -0.675. The summed E-state index contributed by atoms with van der Waals surface area (Å²) in [6, 6.07) is 14.2. The normalized spacial score (nSPS) is 11.0. The van der Waals surface area contributed by atoms with Crippen LogP contribution in [0.4, 0.5) is 11.5 Å². The van der Waals surface area contributed by atoms with Gasteiger partial charge in [0.1, 0.15) is 11.5 Å². The molecule has 166 valence electrons. The third-order valence-electron chi connectivity index (χ3n) is 5.20. The maximum absolute atomic E-state index is 6.13. The third-order valence-corrected chi connectivity index (χ3v) is 6.12. The van der Waals surface area contributed by atoms with Gasteiger partial charge in [0.2, 0.25) is 17.3 Å². The predicted molar refractivity (Wildman–Crippen MR) is 127 cm³/mol. The number of nitrogens with two attached hydrogens (primary N) is 1. The molecule has 3 N–H and O–H groups in total. The summed E-state index contributed by atoms with van der Waals surface area (Å²) in [4.78, 5) is 15.4. The molecule has 2 heterocycles. The van der Waals surface area contributed by atoms with E-state index in [0.29, 0.717) is 11.0 Å². The maximum atomic E-state index is 6.13. The molecule has 4 aromatic rings. The van der Waals surface area contributed by atoms with Crippen molar-refractivity contribution in [2.24, 2.45) is 0 Å². The van der Waals surface area contributed by atoms with Crippen LogP contribution in [0.15, 0.2) is 58.8 Å². The molecule has 0 bridgehead atoms. The molecule has 0 aliphatic heterocycles. The van der Waals surface area contributed by atoms with E-state index in [1.165, 1.54) is 23.0 Å².